The van der Waals surface area contributed by atoms with E-state index >= 15 is 0 Å². The third-order valence-corrected chi connectivity index (χ3v) is 3.95. The fourth-order valence-corrected chi connectivity index (χ4v) is 2.53. The molecule has 0 fully saturated rings. The number of ether oxygens (including phenoxy) is 1. The van der Waals surface area contributed by atoms with Crippen molar-refractivity contribution in [3.63, 3.8) is 0 Å². The van der Waals surface area contributed by atoms with Crippen molar-refractivity contribution in [2.45, 2.75) is 52.9 Å². The van der Waals surface area contributed by atoms with E-state index < -0.39 is 0 Å². The molecule has 0 unspecified atom stereocenters. The summed E-state index contributed by atoms with van der Waals surface area (Å²) in [4.78, 5) is 0. The number of rotatable bonds is 8. The molecule has 0 amide bonds. The number of hydrogen-bond donors (Lipinski definition) is 1. The predicted octanol–water partition coefficient (Wildman–Crippen LogP) is 4.38. The lowest BCUT2D eigenvalue weighted by Gasteiger charge is -2.07. The smallest absolute Gasteiger partial charge is 0.119 e. The molecule has 114 valence electrons. The minimum absolute atomic E-state index is 0.800. The molecule has 21 heavy (non-hydrogen) atoms. The molecule has 2 aromatic rings. The molecule has 1 aromatic carbocycles. The van der Waals surface area contributed by atoms with Crippen molar-refractivity contribution in [1.29, 1.82) is 0 Å². The third kappa shape index (κ3) is 4.62. The Bertz CT molecular complexity index is 523. The van der Waals surface area contributed by atoms with Crippen LogP contribution in [0.1, 0.15) is 48.7 Å². The molecule has 0 atom stereocenters. The third-order valence-electron chi connectivity index (χ3n) is 3.95. The second-order valence-electron chi connectivity index (χ2n) is 5.57. The van der Waals surface area contributed by atoms with Crippen molar-refractivity contribution in [3.05, 3.63) is 46.8 Å². The number of aromatic amines is 1. The molecular formula is C18H26N2O. The van der Waals surface area contributed by atoms with E-state index in [0.29, 0.717) is 0 Å². The Morgan fingerprint density at radius 3 is 2.43 bits per heavy atom. The Kier molecular flexibility index (Phi) is 5.85. The average molecular weight is 286 g/mol. The number of hydrogen-bond acceptors (Lipinski definition) is 2. The predicted molar refractivity (Wildman–Crippen MR) is 86.9 cm³/mol. The molecule has 1 N–H and O–H groups in total. The first kappa shape index (κ1) is 15.6. The van der Waals surface area contributed by atoms with Gasteiger partial charge in [-0.3, -0.25) is 5.10 Å². The highest BCUT2D eigenvalue weighted by atomic mass is 16.5. The number of benzene rings is 1. The normalized spacial score (nSPS) is 10.8. The molecule has 1 heterocycles. The largest absolute Gasteiger partial charge is 0.494 e. The van der Waals surface area contributed by atoms with Crippen LogP contribution in [0.15, 0.2) is 24.3 Å². The van der Waals surface area contributed by atoms with E-state index in [4.69, 9.17) is 4.74 Å². The summed E-state index contributed by atoms with van der Waals surface area (Å²) >= 11 is 0. The number of nitrogens with zero attached hydrogens (tertiary/aromatic N) is 1. The van der Waals surface area contributed by atoms with Crippen molar-refractivity contribution in [2.75, 3.05) is 6.61 Å². The SMILES string of the molecule is CCc1ccc(OCCCCCc2c(C)n[nH]c2C)cc1. The molecule has 2 rings (SSSR count). The molecule has 0 bridgehead atoms. The molecule has 0 aliphatic rings. The molecule has 0 aliphatic heterocycles. The molecule has 0 spiro atoms. The fourth-order valence-electron chi connectivity index (χ4n) is 2.53. The molecule has 1 aromatic heterocycles. The Morgan fingerprint density at radius 2 is 1.81 bits per heavy atom. The van der Waals surface area contributed by atoms with Gasteiger partial charge in [-0.1, -0.05) is 19.1 Å². The van der Waals surface area contributed by atoms with Crippen LogP contribution >= 0.6 is 0 Å². The summed E-state index contributed by atoms with van der Waals surface area (Å²) in [5.74, 6) is 0.980. The first-order valence-electron chi connectivity index (χ1n) is 7.93. The lowest BCUT2D eigenvalue weighted by molar-refractivity contribution is 0.305. The minimum Gasteiger partial charge on any atom is -0.494 e. The van der Waals surface area contributed by atoms with Gasteiger partial charge in [-0.05, 0) is 69.2 Å². The average Bonchev–Trinajstić information content (AvgIpc) is 2.82. The zero-order valence-electron chi connectivity index (χ0n) is 13.4. The van der Waals surface area contributed by atoms with Gasteiger partial charge in [-0.25, -0.2) is 0 Å². The summed E-state index contributed by atoms with van der Waals surface area (Å²) in [6, 6.07) is 8.41. The molecule has 3 heteroatoms. The highest BCUT2D eigenvalue weighted by molar-refractivity contribution is 5.27. The van der Waals surface area contributed by atoms with Crippen molar-refractivity contribution in [2.24, 2.45) is 0 Å². The van der Waals surface area contributed by atoms with Gasteiger partial charge in [-0.15, -0.1) is 0 Å². The zero-order chi connectivity index (χ0) is 15.1. The molecule has 0 saturated heterocycles. The molecule has 0 aliphatic carbocycles. The number of unbranched alkanes of at least 4 members (excludes halogenated alkanes) is 2. The van der Waals surface area contributed by atoms with Gasteiger partial charge in [0.1, 0.15) is 5.75 Å². The van der Waals surface area contributed by atoms with E-state index in [1.807, 2.05) is 0 Å². The van der Waals surface area contributed by atoms with E-state index in [0.717, 1.165) is 37.3 Å². The van der Waals surface area contributed by atoms with Crippen LogP contribution in [-0.4, -0.2) is 16.8 Å². The molecule has 0 saturated carbocycles. The van der Waals surface area contributed by atoms with E-state index in [1.165, 1.54) is 29.7 Å². The van der Waals surface area contributed by atoms with E-state index in [9.17, 15) is 0 Å². The Hall–Kier alpha value is -1.77. The second kappa shape index (κ2) is 7.87. The van der Waals surface area contributed by atoms with Crippen molar-refractivity contribution >= 4 is 0 Å². The summed E-state index contributed by atoms with van der Waals surface area (Å²) in [5.41, 5.74) is 5.08. The molecular weight excluding hydrogens is 260 g/mol. The summed E-state index contributed by atoms with van der Waals surface area (Å²) in [6.45, 7) is 7.13. The van der Waals surface area contributed by atoms with Gasteiger partial charge in [0.25, 0.3) is 0 Å². The van der Waals surface area contributed by atoms with Crippen molar-refractivity contribution < 1.29 is 4.74 Å². The number of nitrogens with one attached hydrogen (secondary N) is 1. The first-order chi connectivity index (χ1) is 10.2. The number of H-pyrrole nitrogens is 1. The number of aryl methyl sites for hydroxylation is 3. The lowest BCUT2D eigenvalue weighted by Crippen LogP contribution is -1.98. The van der Waals surface area contributed by atoms with Crippen LogP contribution in [0, 0.1) is 13.8 Å². The van der Waals surface area contributed by atoms with Gasteiger partial charge < -0.3 is 4.74 Å². The van der Waals surface area contributed by atoms with Gasteiger partial charge in [0, 0.05) is 5.69 Å². The van der Waals surface area contributed by atoms with Crippen molar-refractivity contribution in [3.8, 4) is 5.75 Å². The minimum atomic E-state index is 0.800. The highest BCUT2D eigenvalue weighted by Crippen LogP contribution is 2.15. The summed E-state index contributed by atoms with van der Waals surface area (Å²) in [7, 11) is 0. The van der Waals surface area contributed by atoms with E-state index in [2.05, 4.69) is 55.2 Å². The maximum atomic E-state index is 5.77. The van der Waals surface area contributed by atoms with Crippen LogP contribution in [0.2, 0.25) is 0 Å². The van der Waals surface area contributed by atoms with Crippen LogP contribution in [0.4, 0.5) is 0 Å². The van der Waals surface area contributed by atoms with Crippen LogP contribution in [-0.2, 0) is 12.8 Å². The quantitative estimate of drug-likeness (QED) is 0.731. The topological polar surface area (TPSA) is 37.9 Å². The maximum absolute atomic E-state index is 5.77. The molecule has 3 nitrogen and oxygen atoms in total. The summed E-state index contributed by atoms with van der Waals surface area (Å²) in [5, 5.41) is 7.28. The second-order valence-corrected chi connectivity index (χ2v) is 5.57. The maximum Gasteiger partial charge on any atom is 0.119 e. The van der Waals surface area contributed by atoms with Crippen molar-refractivity contribution in [1.82, 2.24) is 10.2 Å². The van der Waals surface area contributed by atoms with Gasteiger partial charge in [0.05, 0.1) is 12.3 Å². The Labute approximate surface area is 127 Å². The first-order valence-corrected chi connectivity index (χ1v) is 7.93. The highest BCUT2D eigenvalue weighted by Gasteiger charge is 2.05. The Morgan fingerprint density at radius 1 is 1.05 bits per heavy atom. The van der Waals surface area contributed by atoms with Gasteiger partial charge >= 0.3 is 0 Å². The fraction of sp³-hybridized carbons (Fsp3) is 0.500. The monoisotopic (exact) mass is 286 g/mol. The Balaban J connectivity index is 1.61. The van der Waals surface area contributed by atoms with Gasteiger partial charge in [0.2, 0.25) is 0 Å². The van der Waals surface area contributed by atoms with Crippen LogP contribution in [0.3, 0.4) is 0 Å². The van der Waals surface area contributed by atoms with Crippen LogP contribution in [0.5, 0.6) is 5.75 Å². The standard InChI is InChI=1S/C18H26N2O/c1-4-16-9-11-17(12-10-16)21-13-7-5-6-8-18-14(2)19-20-15(18)3/h9-12H,4-8,13H2,1-3H3,(H,19,20). The number of aromatic nitrogens is 2. The van der Waals surface area contributed by atoms with E-state index in [-0.39, 0.29) is 0 Å². The van der Waals surface area contributed by atoms with E-state index in [1.54, 1.807) is 0 Å². The van der Waals surface area contributed by atoms with Gasteiger partial charge in [-0.2, -0.15) is 5.10 Å². The summed E-state index contributed by atoms with van der Waals surface area (Å²) in [6.07, 6.45) is 5.68. The lowest BCUT2D eigenvalue weighted by atomic mass is 10.1. The van der Waals surface area contributed by atoms with Crippen LogP contribution < -0.4 is 4.74 Å². The van der Waals surface area contributed by atoms with Crippen LogP contribution in [0.25, 0.3) is 0 Å². The van der Waals surface area contributed by atoms with Gasteiger partial charge in [0.15, 0.2) is 0 Å². The zero-order valence-corrected chi connectivity index (χ0v) is 13.4. The molecule has 0 radical (unpaired) electrons. The summed E-state index contributed by atoms with van der Waals surface area (Å²) < 4.78 is 5.77.